The number of benzene rings is 2. The molecule has 0 aliphatic carbocycles. The van der Waals surface area contributed by atoms with Gasteiger partial charge in [0.25, 0.3) is 0 Å². The highest BCUT2D eigenvalue weighted by Gasteiger charge is 2.12. The number of anilines is 1. The van der Waals surface area contributed by atoms with Crippen molar-refractivity contribution in [2.75, 3.05) is 31.6 Å². The predicted molar refractivity (Wildman–Crippen MR) is 112 cm³/mol. The average molecular weight is 370 g/mol. The smallest absolute Gasteiger partial charge is 0.171 e. The Kier molecular flexibility index (Phi) is 6.61. The molecule has 2 aromatic carbocycles. The second-order valence-electron chi connectivity index (χ2n) is 6.84. The molecule has 1 saturated heterocycles. The Hall–Kier alpha value is -1.95. The topological polar surface area (TPSA) is 36.5 Å². The van der Waals surface area contributed by atoms with Crippen molar-refractivity contribution in [2.24, 2.45) is 0 Å². The summed E-state index contributed by atoms with van der Waals surface area (Å²) in [4.78, 5) is 2.44. The van der Waals surface area contributed by atoms with E-state index in [1.807, 2.05) is 0 Å². The Labute approximate surface area is 161 Å². The van der Waals surface area contributed by atoms with Gasteiger partial charge in [-0.05, 0) is 60.5 Å². The minimum atomic E-state index is 0.649. The van der Waals surface area contributed by atoms with Gasteiger partial charge in [0.1, 0.15) is 0 Å². The van der Waals surface area contributed by atoms with E-state index < -0.39 is 0 Å². The summed E-state index contributed by atoms with van der Waals surface area (Å²) >= 11 is 5.48. The zero-order chi connectivity index (χ0) is 18.4. The van der Waals surface area contributed by atoms with E-state index in [0.29, 0.717) is 5.11 Å². The first kappa shape index (κ1) is 18.8. The molecule has 0 aromatic heterocycles. The van der Waals surface area contributed by atoms with Crippen LogP contribution in [0.3, 0.4) is 0 Å². The van der Waals surface area contributed by atoms with Crippen molar-refractivity contribution in [1.82, 2.24) is 10.2 Å². The first-order chi connectivity index (χ1) is 12.6. The lowest BCUT2D eigenvalue weighted by Crippen LogP contribution is -2.36. The molecule has 2 N–H and O–H groups in total. The average Bonchev–Trinajstić information content (AvgIpc) is 2.61. The van der Waals surface area contributed by atoms with Crippen LogP contribution < -0.4 is 10.6 Å². The molecule has 0 saturated carbocycles. The Bertz CT molecular complexity index is 736. The maximum Gasteiger partial charge on any atom is 0.171 e. The molecule has 0 radical (unpaired) electrons. The Morgan fingerprint density at radius 3 is 2.38 bits per heavy atom. The Morgan fingerprint density at radius 2 is 1.69 bits per heavy atom. The van der Waals surface area contributed by atoms with E-state index in [0.717, 1.165) is 45.1 Å². The van der Waals surface area contributed by atoms with Gasteiger partial charge in [-0.3, -0.25) is 4.90 Å². The molecule has 2 aromatic rings. The number of nitrogens with zero attached hydrogens (tertiary/aromatic N) is 1. The summed E-state index contributed by atoms with van der Waals surface area (Å²) in [7, 11) is 0. The van der Waals surface area contributed by atoms with Crippen LogP contribution in [0, 0.1) is 13.8 Å². The quantitative estimate of drug-likeness (QED) is 0.787. The molecular formula is C21H27N3OS. The lowest BCUT2D eigenvalue weighted by Gasteiger charge is -2.27. The molecular weight excluding hydrogens is 342 g/mol. The van der Waals surface area contributed by atoms with Crippen molar-refractivity contribution in [2.45, 2.75) is 26.9 Å². The third kappa shape index (κ3) is 5.53. The van der Waals surface area contributed by atoms with Gasteiger partial charge < -0.3 is 15.4 Å². The fourth-order valence-corrected chi connectivity index (χ4v) is 3.47. The maximum absolute atomic E-state index is 5.48. The summed E-state index contributed by atoms with van der Waals surface area (Å²) in [5, 5.41) is 7.28. The van der Waals surface area contributed by atoms with Crippen LogP contribution in [0.4, 0.5) is 5.69 Å². The highest BCUT2D eigenvalue weighted by molar-refractivity contribution is 7.80. The number of hydrogen-bond acceptors (Lipinski definition) is 3. The highest BCUT2D eigenvalue weighted by atomic mass is 32.1. The lowest BCUT2D eigenvalue weighted by molar-refractivity contribution is 0.0341. The van der Waals surface area contributed by atoms with Crippen LogP contribution in [0.25, 0.3) is 0 Å². The zero-order valence-electron chi connectivity index (χ0n) is 15.5. The monoisotopic (exact) mass is 369 g/mol. The Morgan fingerprint density at radius 1 is 1.04 bits per heavy atom. The van der Waals surface area contributed by atoms with Crippen LogP contribution in [0.1, 0.15) is 22.3 Å². The summed E-state index contributed by atoms with van der Waals surface area (Å²) in [6.45, 7) is 9.50. The van der Waals surface area contributed by atoms with Crippen LogP contribution in [0.15, 0.2) is 42.5 Å². The van der Waals surface area contributed by atoms with E-state index in [2.05, 4.69) is 71.8 Å². The molecule has 5 heteroatoms. The van der Waals surface area contributed by atoms with Gasteiger partial charge in [-0.2, -0.15) is 0 Å². The van der Waals surface area contributed by atoms with Crippen LogP contribution in [0.5, 0.6) is 0 Å². The molecule has 26 heavy (non-hydrogen) atoms. The van der Waals surface area contributed by atoms with Crippen molar-refractivity contribution in [1.29, 1.82) is 0 Å². The summed E-state index contributed by atoms with van der Waals surface area (Å²) in [6, 6.07) is 14.9. The number of hydrogen-bond donors (Lipinski definition) is 2. The SMILES string of the molecule is Cc1cc(C)cc(NC(=S)NCc2ccccc2CN2CCOCC2)c1. The minimum Gasteiger partial charge on any atom is -0.379 e. The van der Waals surface area contributed by atoms with E-state index in [1.54, 1.807) is 0 Å². The fraction of sp³-hybridized carbons (Fsp3) is 0.381. The highest BCUT2D eigenvalue weighted by Crippen LogP contribution is 2.15. The summed E-state index contributed by atoms with van der Waals surface area (Å²) in [5.41, 5.74) is 6.11. The van der Waals surface area contributed by atoms with Gasteiger partial charge in [0, 0.05) is 31.9 Å². The van der Waals surface area contributed by atoms with Gasteiger partial charge in [-0.1, -0.05) is 30.3 Å². The summed E-state index contributed by atoms with van der Waals surface area (Å²) < 4.78 is 5.44. The van der Waals surface area contributed by atoms with Gasteiger partial charge in [0.15, 0.2) is 5.11 Å². The molecule has 0 bridgehead atoms. The van der Waals surface area contributed by atoms with Gasteiger partial charge in [-0.15, -0.1) is 0 Å². The number of nitrogens with one attached hydrogen (secondary N) is 2. The van der Waals surface area contributed by atoms with Gasteiger partial charge in [-0.25, -0.2) is 0 Å². The molecule has 1 heterocycles. The van der Waals surface area contributed by atoms with Gasteiger partial charge >= 0.3 is 0 Å². The van der Waals surface area contributed by atoms with Crippen molar-refractivity contribution in [3.05, 3.63) is 64.7 Å². The van der Waals surface area contributed by atoms with E-state index in [-0.39, 0.29) is 0 Å². The van der Waals surface area contributed by atoms with E-state index in [4.69, 9.17) is 17.0 Å². The van der Waals surface area contributed by atoms with Crippen molar-refractivity contribution >= 4 is 23.0 Å². The van der Waals surface area contributed by atoms with Crippen LogP contribution in [0.2, 0.25) is 0 Å². The van der Waals surface area contributed by atoms with Gasteiger partial charge in [0.05, 0.1) is 13.2 Å². The maximum atomic E-state index is 5.48. The van der Waals surface area contributed by atoms with Crippen LogP contribution in [-0.4, -0.2) is 36.3 Å². The normalized spacial score (nSPS) is 14.8. The largest absolute Gasteiger partial charge is 0.379 e. The van der Waals surface area contributed by atoms with E-state index >= 15 is 0 Å². The summed E-state index contributed by atoms with van der Waals surface area (Å²) in [5.74, 6) is 0. The Balaban J connectivity index is 1.57. The molecule has 1 fully saturated rings. The molecule has 0 atom stereocenters. The first-order valence-electron chi connectivity index (χ1n) is 9.10. The third-order valence-corrected chi connectivity index (χ3v) is 4.78. The standard InChI is InChI=1S/C21H27N3OS/c1-16-11-17(2)13-20(12-16)23-21(26)22-14-18-5-3-4-6-19(18)15-24-7-9-25-10-8-24/h3-6,11-13H,7-10,14-15H2,1-2H3,(H2,22,23,26). The molecule has 0 spiro atoms. The van der Waals surface area contributed by atoms with Crippen molar-refractivity contribution < 1.29 is 4.74 Å². The molecule has 0 amide bonds. The molecule has 1 aliphatic rings. The second-order valence-corrected chi connectivity index (χ2v) is 7.25. The number of aryl methyl sites for hydroxylation is 2. The first-order valence-corrected chi connectivity index (χ1v) is 9.51. The number of ether oxygens (including phenoxy) is 1. The number of morpholine rings is 1. The molecule has 138 valence electrons. The number of thiocarbonyl (C=S) groups is 1. The van der Waals surface area contributed by atoms with Gasteiger partial charge in [0.2, 0.25) is 0 Å². The minimum absolute atomic E-state index is 0.649. The second kappa shape index (κ2) is 9.12. The van der Waals surface area contributed by atoms with E-state index in [1.165, 1.54) is 22.3 Å². The van der Waals surface area contributed by atoms with Crippen LogP contribution >= 0.6 is 12.2 Å². The molecule has 1 aliphatic heterocycles. The van der Waals surface area contributed by atoms with Crippen LogP contribution in [-0.2, 0) is 17.8 Å². The lowest BCUT2D eigenvalue weighted by atomic mass is 10.1. The number of rotatable bonds is 5. The predicted octanol–water partition coefficient (Wildman–Crippen LogP) is 3.62. The molecule has 4 nitrogen and oxygen atoms in total. The van der Waals surface area contributed by atoms with Crippen molar-refractivity contribution in [3.63, 3.8) is 0 Å². The summed E-state index contributed by atoms with van der Waals surface area (Å²) in [6.07, 6.45) is 0. The zero-order valence-corrected chi connectivity index (χ0v) is 16.4. The molecule has 0 unspecified atom stereocenters. The fourth-order valence-electron chi connectivity index (χ4n) is 3.28. The van der Waals surface area contributed by atoms with Crippen molar-refractivity contribution in [3.8, 4) is 0 Å². The third-order valence-electron chi connectivity index (χ3n) is 4.53. The van der Waals surface area contributed by atoms with E-state index in [9.17, 15) is 0 Å². The molecule has 3 rings (SSSR count).